The number of alkyl halides is 3. The van der Waals surface area contributed by atoms with Gasteiger partial charge in [-0.05, 0) is 48.3 Å². The normalized spacial score (nSPS) is 22.9. The Labute approximate surface area is 212 Å². The molecule has 0 radical (unpaired) electrons. The number of hydrogen-bond donors (Lipinski definition) is 0. The molecule has 5 rings (SSSR count). The molecule has 3 aliphatic rings. The molecule has 0 N–H and O–H groups in total. The van der Waals surface area contributed by atoms with Gasteiger partial charge in [-0.25, -0.2) is 9.78 Å². The maximum absolute atomic E-state index is 13.1. The molecule has 0 spiro atoms. The van der Waals surface area contributed by atoms with Gasteiger partial charge in [0.2, 0.25) is 11.8 Å². The van der Waals surface area contributed by atoms with Gasteiger partial charge in [0.1, 0.15) is 5.75 Å². The van der Waals surface area contributed by atoms with Gasteiger partial charge < -0.3 is 23.8 Å². The topological polar surface area (TPSA) is 80.1 Å². The highest BCUT2D eigenvalue weighted by molar-refractivity contribution is 5.78. The van der Waals surface area contributed by atoms with Gasteiger partial charge in [0.05, 0.1) is 19.1 Å². The lowest BCUT2D eigenvalue weighted by atomic mass is 10.2. The summed E-state index contributed by atoms with van der Waals surface area (Å²) < 4.78 is 49.1. The second-order valence-corrected chi connectivity index (χ2v) is 10.2. The number of rotatable bonds is 9. The third kappa shape index (κ3) is 6.35. The molecule has 2 amide bonds. The molecule has 1 saturated heterocycles. The van der Waals surface area contributed by atoms with Gasteiger partial charge >= 0.3 is 12.5 Å². The maximum atomic E-state index is 13.1. The van der Waals surface area contributed by atoms with Crippen molar-refractivity contribution >= 4 is 12.0 Å². The number of piperidine rings is 1. The van der Waals surface area contributed by atoms with Crippen molar-refractivity contribution in [1.82, 2.24) is 24.3 Å². The minimum atomic E-state index is -4.80. The average molecular weight is 522 g/mol. The number of nitrogens with zero attached hydrogens (tertiary/aromatic N) is 5. The van der Waals surface area contributed by atoms with E-state index in [9.17, 15) is 22.8 Å². The van der Waals surface area contributed by atoms with E-state index in [1.165, 1.54) is 29.4 Å². The number of aromatic nitrogens is 2. The number of carbonyl (C=O) groups excluding carboxylic acids is 2. The lowest BCUT2D eigenvalue weighted by Crippen LogP contribution is -2.40. The molecule has 2 aromatic rings. The van der Waals surface area contributed by atoms with Gasteiger partial charge in [0.15, 0.2) is 0 Å². The molecular formula is C25H30F3N5O4. The van der Waals surface area contributed by atoms with Gasteiger partial charge in [0.25, 0.3) is 0 Å². The highest BCUT2D eigenvalue weighted by Crippen LogP contribution is 2.52. The van der Waals surface area contributed by atoms with Gasteiger partial charge in [-0.3, -0.25) is 9.69 Å². The van der Waals surface area contributed by atoms with Crippen molar-refractivity contribution < 1.29 is 32.2 Å². The molecule has 1 aromatic carbocycles. The van der Waals surface area contributed by atoms with Crippen LogP contribution in [0, 0.1) is 17.8 Å². The Morgan fingerprint density at radius 1 is 1.19 bits per heavy atom. The lowest BCUT2D eigenvalue weighted by Gasteiger charge is -2.26. The van der Waals surface area contributed by atoms with Crippen LogP contribution in [0.3, 0.4) is 0 Å². The Balaban J connectivity index is 1.21. The van der Waals surface area contributed by atoms with Crippen LogP contribution in [0.2, 0.25) is 0 Å². The van der Waals surface area contributed by atoms with E-state index < -0.39 is 12.5 Å². The van der Waals surface area contributed by atoms with E-state index in [0.717, 1.165) is 25.9 Å². The second-order valence-electron chi connectivity index (χ2n) is 10.2. The zero-order chi connectivity index (χ0) is 26.3. The summed E-state index contributed by atoms with van der Waals surface area (Å²) in [5, 5.41) is 0. The van der Waals surface area contributed by atoms with Crippen molar-refractivity contribution in [2.75, 3.05) is 33.2 Å². The summed E-state index contributed by atoms with van der Waals surface area (Å²) >= 11 is 0. The molecule has 2 heterocycles. The summed E-state index contributed by atoms with van der Waals surface area (Å²) in [5.41, 5.74) is 0.487. The Bertz CT molecular complexity index is 1140. The van der Waals surface area contributed by atoms with E-state index in [1.807, 2.05) is 11.9 Å². The van der Waals surface area contributed by atoms with Gasteiger partial charge in [-0.1, -0.05) is 12.1 Å². The number of carbonyl (C=O) groups is 2. The molecule has 2 saturated carbocycles. The third-order valence-electron chi connectivity index (χ3n) is 7.36. The molecule has 2 atom stereocenters. The lowest BCUT2D eigenvalue weighted by molar-refractivity contribution is -0.274. The Morgan fingerprint density at radius 2 is 1.92 bits per heavy atom. The van der Waals surface area contributed by atoms with Crippen LogP contribution >= 0.6 is 0 Å². The summed E-state index contributed by atoms with van der Waals surface area (Å²) in [5.74, 6) is 0.906. The first-order chi connectivity index (χ1) is 17.6. The van der Waals surface area contributed by atoms with Crippen LogP contribution in [-0.2, 0) is 18.4 Å². The minimum Gasteiger partial charge on any atom is -0.406 e. The number of hydrogen-bond acceptors (Lipinski definition) is 6. The fraction of sp³-hybridized carbons (Fsp3) is 0.560. The van der Waals surface area contributed by atoms with Crippen LogP contribution in [0.4, 0.5) is 18.0 Å². The first-order valence-corrected chi connectivity index (χ1v) is 12.3. The Hall–Kier alpha value is -3.28. The van der Waals surface area contributed by atoms with Crippen LogP contribution in [0.1, 0.15) is 18.4 Å². The molecule has 1 aliphatic heterocycles. The van der Waals surface area contributed by atoms with Crippen LogP contribution in [0.15, 0.2) is 36.8 Å². The number of likely N-dealkylation sites (N-methyl/N-ethyl adjacent to an activating group) is 1. The molecule has 12 heteroatoms. The number of benzene rings is 1. The van der Waals surface area contributed by atoms with Crippen LogP contribution < -0.4 is 9.47 Å². The van der Waals surface area contributed by atoms with Crippen molar-refractivity contribution in [3.05, 3.63) is 42.4 Å². The predicted octanol–water partition coefficient (Wildman–Crippen LogP) is 3.12. The van der Waals surface area contributed by atoms with Crippen molar-refractivity contribution in [3.63, 3.8) is 0 Å². The standard InChI is InChI=1S/C25H30F3N5O4/c1-30-13-22(29-15-30)36-24(35)33(9-16-4-3-5-18(8-16)37-25(26,27)28)12-21-19-10-32(11-20(19)21)14-23(34)31(2)17-6-7-17/h3-5,8,13,15,17,19-21H,6-7,9-12,14H2,1-2H3. The van der Waals surface area contributed by atoms with Crippen molar-refractivity contribution in [2.24, 2.45) is 24.8 Å². The zero-order valence-electron chi connectivity index (χ0n) is 20.7. The predicted molar refractivity (Wildman–Crippen MR) is 125 cm³/mol. The van der Waals surface area contributed by atoms with Gasteiger partial charge in [0, 0.05) is 46.3 Å². The van der Waals surface area contributed by atoms with E-state index in [0.29, 0.717) is 36.5 Å². The Morgan fingerprint density at radius 3 is 2.54 bits per heavy atom. The fourth-order valence-electron chi connectivity index (χ4n) is 5.22. The minimum absolute atomic E-state index is 0.0606. The Kier molecular flexibility index (Phi) is 6.78. The SMILES string of the molecule is CN(C(=O)CN1CC2C(C1)C2CN(Cc1cccc(OC(F)(F)F)c1)C(=O)Oc1cn(C)cn1)C1CC1. The molecule has 2 aliphatic carbocycles. The number of imidazole rings is 1. The third-order valence-corrected chi connectivity index (χ3v) is 7.36. The maximum Gasteiger partial charge on any atom is 0.573 e. The summed E-state index contributed by atoms with van der Waals surface area (Å²) in [6.07, 6.45) is -0.206. The number of aryl methyl sites for hydroxylation is 1. The number of halogens is 3. The molecule has 200 valence electrons. The van der Waals surface area contributed by atoms with Gasteiger partial charge in [-0.15, -0.1) is 13.2 Å². The summed E-state index contributed by atoms with van der Waals surface area (Å²) in [6, 6.07) is 5.97. The largest absolute Gasteiger partial charge is 0.573 e. The van der Waals surface area contributed by atoms with E-state index in [2.05, 4.69) is 14.6 Å². The molecule has 37 heavy (non-hydrogen) atoms. The number of ether oxygens (including phenoxy) is 2. The first-order valence-electron chi connectivity index (χ1n) is 12.3. The van der Waals surface area contributed by atoms with Crippen molar-refractivity contribution in [3.8, 4) is 11.6 Å². The fourth-order valence-corrected chi connectivity index (χ4v) is 5.22. The van der Waals surface area contributed by atoms with Crippen LogP contribution in [0.25, 0.3) is 0 Å². The molecule has 1 aromatic heterocycles. The zero-order valence-corrected chi connectivity index (χ0v) is 20.7. The highest BCUT2D eigenvalue weighted by Gasteiger charge is 2.56. The molecule has 9 nitrogen and oxygen atoms in total. The van der Waals surface area contributed by atoms with Crippen LogP contribution in [0.5, 0.6) is 11.6 Å². The summed E-state index contributed by atoms with van der Waals surface area (Å²) in [7, 11) is 3.61. The highest BCUT2D eigenvalue weighted by atomic mass is 19.4. The van der Waals surface area contributed by atoms with E-state index in [1.54, 1.807) is 23.9 Å². The van der Waals surface area contributed by atoms with Gasteiger partial charge in [-0.2, -0.15) is 0 Å². The number of fused-ring (bicyclic) bond motifs is 1. The molecular weight excluding hydrogens is 491 g/mol. The van der Waals surface area contributed by atoms with E-state index in [4.69, 9.17) is 4.74 Å². The van der Waals surface area contributed by atoms with E-state index in [-0.39, 0.29) is 30.0 Å². The van der Waals surface area contributed by atoms with Crippen molar-refractivity contribution in [2.45, 2.75) is 31.8 Å². The average Bonchev–Trinajstić information content (AvgIpc) is 3.68. The smallest absolute Gasteiger partial charge is 0.406 e. The molecule has 0 bridgehead atoms. The summed E-state index contributed by atoms with van der Waals surface area (Å²) in [4.78, 5) is 35.1. The second kappa shape index (κ2) is 9.88. The van der Waals surface area contributed by atoms with E-state index >= 15 is 0 Å². The first kappa shape index (κ1) is 25.4. The number of likely N-dealkylation sites (tertiary alicyclic amines) is 1. The quantitative estimate of drug-likeness (QED) is 0.505. The molecule has 2 unspecified atom stereocenters. The number of amides is 2. The molecule has 3 fully saturated rings. The summed E-state index contributed by atoms with van der Waals surface area (Å²) in [6.45, 7) is 2.44. The van der Waals surface area contributed by atoms with Crippen LogP contribution in [-0.4, -0.2) is 81.9 Å². The monoisotopic (exact) mass is 521 g/mol. The van der Waals surface area contributed by atoms with Crippen molar-refractivity contribution in [1.29, 1.82) is 0 Å².